The van der Waals surface area contributed by atoms with Gasteiger partial charge in [-0.3, -0.25) is 4.79 Å². The molecule has 1 fully saturated rings. The van der Waals surface area contributed by atoms with Gasteiger partial charge < -0.3 is 24.6 Å². The monoisotopic (exact) mass is 281 g/mol. The standard InChI is InChI=1S/C13H15NO6/c1-19-13(18)11-7-14(4-5-20-11)12(17)8-2-3-9(15)10(16)6-8/h2-3,6,11,15-16H,4-5,7H2,1H3. The third-order valence-corrected chi connectivity index (χ3v) is 3.04. The van der Waals surface area contributed by atoms with Crippen LogP contribution in [0.4, 0.5) is 0 Å². The second-order valence-corrected chi connectivity index (χ2v) is 4.34. The highest BCUT2D eigenvalue weighted by Crippen LogP contribution is 2.25. The molecule has 1 aromatic carbocycles. The van der Waals surface area contributed by atoms with Gasteiger partial charge in [0.2, 0.25) is 0 Å². The first kappa shape index (κ1) is 14.1. The van der Waals surface area contributed by atoms with E-state index in [0.29, 0.717) is 6.54 Å². The van der Waals surface area contributed by atoms with Crippen molar-refractivity contribution in [1.29, 1.82) is 0 Å². The second-order valence-electron chi connectivity index (χ2n) is 4.34. The molecule has 0 spiro atoms. The lowest BCUT2D eigenvalue weighted by Gasteiger charge is -2.31. The minimum Gasteiger partial charge on any atom is -0.504 e. The summed E-state index contributed by atoms with van der Waals surface area (Å²) in [6, 6.07) is 3.82. The molecule has 7 heteroatoms. The van der Waals surface area contributed by atoms with E-state index in [-0.39, 0.29) is 36.1 Å². The van der Waals surface area contributed by atoms with Gasteiger partial charge in [0, 0.05) is 12.1 Å². The molecule has 1 amide bonds. The Balaban J connectivity index is 2.12. The Morgan fingerprint density at radius 1 is 1.35 bits per heavy atom. The molecule has 1 heterocycles. The van der Waals surface area contributed by atoms with E-state index in [1.54, 1.807) is 0 Å². The summed E-state index contributed by atoms with van der Waals surface area (Å²) in [4.78, 5) is 25.1. The maximum absolute atomic E-state index is 12.2. The van der Waals surface area contributed by atoms with Crippen LogP contribution >= 0.6 is 0 Å². The van der Waals surface area contributed by atoms with Crippen molar-refractivity contribution in [2.24, 2.45) is 0 Å². The maximum Gasteiger partial charge on any atom is 0.336 e. The lowest BCUT2D eigenvalue weighted by Crippen LogP contribution is -2.48. The zero-order valence-electron chi connectivity index (χ0n) is 10.9. The van der Waals surface area contributed by atoms with Crippen molar-refractivity contribution in [3.05, 3.63) is 23.8 Å². The number of methoxy groups -OCH3 is 1. The van der Waals surface area contributed by atoms with E-state index in [9.17, 15) is 19.8 Å². The van der Waals surface area contributed by atoms with Gasteiger partial charge in [-0.1, -0.05) is 0 Å². The molecule has 2 rings (SSSR count). The average molecular weight is 281 g/mol. The molecule has 1 aliphatic rings. The summed E-state index contributed by atoms with van der Waals surface area (Å²) >= 11 is 0. The van der Waals surface area contributed by atoms with Crippen molar-refractivity contribution < 1.29 is 29.3 Å². The molecule has 1 unspecified atom stereocenters. The van der Waals surface area contributed by atoms with E-state index in [4.69, 9.17) is 4.74 Å². The van der Waals surface area contributed by atoms with Gasteiger partial charge in [-0.15, -0.1) is 0 Å². The molecule has 1 saturated heterocycles. The Labute approximate surface area is 115 Å². The molecule has 0 aliphatic carbocycles. The zero-order chi connectivity index (χ0) is 14.7. The van der Waals surface area contributed by atoms with Crippen LogP contribution in [0.3, 0.4) is 0 Å². The molecule has 108 valence electrons. The summed E-state index contributed by atoms with van der Waals surface area (Å²) in [6.45, 7) is 0.663. The molecule has 0 aromatic heterocycles. The smallest absolute Gasteiger partial charge is 0.336 e. The number of amides is 1. The Hall–Kier alpha value is -2.28. The highest BCUT2D eigenvalue weighted by Gasteiger charge is 2.30. The Kier molecular flexibility index (Phi) is 4.09. The summed E-state index contributed by atoms with van der Waals surface area (Å²) in [5.74, 6) is -1.54. The molecular weight excluding hydrogens is 266 g/mol. The fourth-order valence-corrected chi connectivity index (χ4v) is 1.95. The number of hydrogen-bond acceptors (Lipinski definition) is 6. The third-order valence-electron chi connectivity index (χ3n) is 3.04. The van der Waals surface area contributed by atoms with Crippen molar-refractivity contribution in [2.45, 2.75) is 6.10 Å². The minimum absolute atomic E-state index is 0.0904. The van der Waals surface area contributed by atoms with Crippen LogP contribution in [0, 0.1) is 0 Å². The van der Waals surface area contributed by atoms with Crippen molar-refractivity contribution >= 4 is 11.9 Å². The van der Waals surface area contributed by atoms with Crippen LogP contribution in [-0.4, -0.2) is 59.9 Å². The molecule has 1 aromatic rings. The number of rotatable bonds is 2. The molecule has 0 bridgehead atoms. The normalized spacial score (nSPS) is 18.6. The van der Waals surface area contributed by atoms with Crippen molar-refractivity contribution in [3.8, 4) is 11.5 Å². The van der Waals surface area contributed by atoms with Gasteiger partial charge in [-0.25, -0.2) is 4.79 Å². The number of phenols is 2. The van der Waals surface area contributed by atoms with Crippen LogP contribution in [-0.2, 0) is 14.3 Å². The Morgan fingerprint density at radius 3 is 2.75 bits per heavy atom. The number of ether oxygens (including phenoxy) is 2. The summed E-state index contributed by atoms with van der Waals surface area (Å²) in [5.41, 5.74) is 0.228. The van der Waals surface area contributed by atoms with Crippen molar-refractivity contribution in [1.82, 2.24) is 4.90 Å². The number of carbonyl (C=O) groups excluding carboxylic acids is 2. The van der Waals surface area contributed by atoms with Crippen LogP contribution in [0.15, 0.2) is 18.2 Å². The van der Waals surface area contributed by atoms with Gasteiger partial charge >= 0.3 is 5.97 Å². The number of esters is 1. The van der Waals surface area contributed by atoms with Crippen LogP contribution in [0.1, 0.15) is 10.4 Å². The highest BCUT2D eigenvalue weighted by atomic mass is 16.6. The number of hydrogen-bond donors (Lipinski definition) is 2. The molecule has 0 radical (unpaired) electrons. The SMILES string of the molecule is COC(=O)C1CN(C(=O)c2ccc(O)c(O)c2)CCO1. The van der Waals surface area contributed by atoms with E-state index >= 15 is 0 Å². The van der Waals surface area contributed by atoms with Crippen molar-refractivity contribution in [3.63, 3.8) is 0 Å². The molecule has 1 atom stereocenters. The average Bonchev–Trinajstić information content (AvgIpc) is 2.48. The molecule has 2 N–H and O–H groups in total. The number of aromatic hydroxyl groups is 2. The lowest BCUT2D eigenvalue weighted by molar-refractivity contribution is -0.158. The van der Waals surface area contributed by atoms with E-state index < -0.39 is 12.1 Å². The van der Waals surface area contributed by atoms with E-state index in [0.717, 1.165) is 0 Å². The number of nitrogens with zero attached hydrogens (tertiary/aromatic N) is 1. The first-order chi connectivity index (χ1) is 9.52. The van der Waals surface area contributed by atoms with Gasteiger partial charge in [0.25, 0.3) is 5.91 Å². The van der Waals surface area contributed by atoms with E-state index in [1.807, 2.05) is 0 Å². The van der Waals surface area contributed by atoms with Gasteiger partial charge in [0.05, 0.1) is 20.3 Å². The Morgan fingerprint density at radius 2 is 2.10 bits per heavy atom. The fraction of sp³-hybridized carbons (Fsp3) is 0.385. The summed E-state index contributed by atoms with van der Waals surface area (Å²) < 4.78 is 9.82. The van der Waals surface area contributed by atoms with E-state index in [1.165, 1.54) is 30.2 Å². The largest absolute Gasteiger partial charge is 0.504 e. The van der Waals surface area contributed by atoms with Crippen LogP contribution in [0.25, 0.3) is 0 Å². The fourth-order valence-electron chi connectivity index (χ4n) is 1.95. The van der Waals surface area contributed by atoms with E-state index in [2.05, 4.69) is 4.74 Å². The second kappa shape index (κ2) is 5.79. The van der Waals surface area contributed by atoms with Crippen LogP contribution in [0.2, 0.25) is 0 Å². The lowest BCUT2D eigenvalue weighted by atomic mass is 10.1. The van der Waals surface area contributed by atoms with Crippen molar-refractivity contribution in [2.75, 3.05) is 26.8 Å². The minimum atomic E-state index is -0.802. The molecule has 0 saturated carbocycles. The van der Waals surface area contributed by atoms with Gasteiger partial charge in [-0.05, 0) is 18.2 Å². The van der Waals surface area contributed by atoms with Crippen LogP contribution < -0.4 is 0 Å². The maximum atomic E-state index is 12.2. The number of benzene rings is 1. The zero-order valence-corrected chi connectivity index (χ0v) is 10.9. The number of carbonyl (C=O) groups is 2. The third kappa shape index (κ3) is 2.83. The number of morpholine rings is 1. The number of phenolic OH excluding ortho intramolecular Hbond substituents is 2. The summed E-state index contributed by atoms with van der Waals surface area (Å²) in [5, 5.41) is 18.6. The quantitative estimate of drug-likeness (QED) is 0.590. The van der Waals surface area contributed by atoms with Gasteiger partial charge in [-0.2, -0.15) is 0 Å². The Bertz CT molecular complexity index is 530. The first-order valence-corrected chi connectivity index (χ1v) is 6.03. The topological polar surface area (TPSA) is 96.3 Å². The molecular formula is C13H15NO6. The highest BCUT2D eigenvalue weighted by molar-refractivity contribution is 5.95. The van der Waals surface area contributed by atoms with Crippen LogP contribution in [0.5, 0.6) is 11.5 Å². The van der Waals surface area contributed by atoms with Gasteiger partial charge in [0.1, 0.15) is 0 Å². The summed E-state index contributed by atoms with van der Waals surface area (Å²) in [6.07, 6.45) is -0.802. The van der Waals surface area contributed by atoms with Gasteiger partial charge in [0.15, 0.2) is 17.6 Å². The molecule has 1 aliphatic heterocycles. The predicted molar refractivity (Wildman–Crippen MR) is 67.4 cm³/mol. The first-order valence-electron chi connectivity index (χ1n) is 6.03. The summed E-state index contributed by atoms with van der Waals surface area (Å²) in [7, 11) is 1.25. The molecule has 7 nitrogen and oxygen atoms in total. The predicted octanol–water partition coefficient (Wildman–Crippen LogP) is 0.112. The molecule has 20 heavy (non-hydrogen) atoms.